The van der Waals surface area contributed by atoms with Crippen LogP contribution in [0, 0.1) is 6.92 Å². The number of likely N-dealkylation sites (tertiary alicyclic amines) is 1. The molecular weight excluding hydrogens is 360 g/mol. The lowest BCUT2D eigenvalue weighted by Gasteiger charge is -2.33. The summed E-state index contributed by atoms with van der Waals surface area (Å²) in [6.45, 7) is 4.71. The molecule has 148 valence electrons. The van der Waals surface area contributed by atoms with Gasteiger partial charge in [-0.1, -0.05) is 6.07 Å². The van der Waals surface area contributed by atoms with Gasteiger partial charge in [0.2, 0.25) is 0 Å². The Morgan fingerprint density at radius 1 is 1.25 bits per heavy atom. The zero-order valence-corrected chi connectivity index (χ0v) is 16.0. The number of carbonyl (C=O) groups excluding carboxylic acids is 2. The summed E-state index contributed by atoms with van der Waals surface area (Å²) in [4.78, 5) is 38.3. The lowest BCUT2D eigenvalue weighted by Crippen LogP contribution is -2.48. The van der Waals surface area contributed by atoms with Crippen LogP contribution >= 0.6 is 0 Å². The molecule has 1 aromatic heterocycles. The second kappa shape index (κ2) is 8.24. The number of amides is 2. The molecule has 8 heteroatoms. The zero-order valence-electron chi connectivity index (χ0n) is 16.0. The van der Waals surface area contributed by atoms with E-state index in [4.69, 9.17) is 0 Å². The number of piperidine rings is 1. The molecule has 2 amide bonds. The summed E-state index contributed by atoms with van der Waals surface area (Å²) in [5.74, 6) is -1.63. The molecule has 1 atom stereocenters. The number of rotatable bonds is 5. The van der Waals surface area contributed by atoms with Gasteiger partial charge in [0.1, 0.15) is 11.7 Å². The maximum Gasteiger partial charge on any atom is 0.326 e. The highest BCUT2D eigenvalue weighted by molar-refractivity contribution is 6.04. The third-order valence-electron chi connectivity index (χ3n) is 4.85. The number of hydrogen-bond donors (Lipinski definition) is 2. The van der Waals surface area contributed by atoms with Crippen molar-refractivity contribution in [2.24, 2.45) is 0 Å². The summed E-state index contributed by atoms with van der Waals surface area (Å²) in [6, 6.07) is 7.48. The minimum atomic E-state index is -0.985. The van der Waals surface area contributed by atoms with E-state index < -0.39 is 12.0 Å². The van der Waals surface area contributed by atoms with Crippen LogP contribution in [-0.2, 0) is 11.3 Å². The van der Waals surface area contributed by atoms with Gasteiger partial charge in [-0.15, -0.1) is 0 Å². The Balaban J connectivity index is 1.79. The Labute approximate surface area is 163 Å². The van der Waals surface area contributed by atoms with Gasteiger partial charge in [0.15, 0.2) is 0 Å². The van der Waals surface area contributed by atoms with Crippen molar-refractivity contribution in [2.45, 2.75) is 45.7 Å². The van der Waals surface area contributed by atoms with Crippen molar-refractivity contribution in [1.82, 2.24) is 14.7 Å². The number of nitrogens with zero attached hydrogens (tertiary/aromatic N) is 3. The highest BCUT2D eigenvalue weighted by Gasteiger charge is 2.32. The molecule has 2 heterocycles. The Hall–Kier alpha value is -3.16. The fraction of sp³-hybridized carbons (Fsp3) is 0.400. The van der Waals surface area contributed by atoms with Crippen LogP contribution in [0.4, 0.5) is 5.69 Å². The fourth-order valence-corrected chi connectivity index (χ4v) is 3.49. The number of benzene rings is 1. The Kier molecular flexibility index (Phi) is 5.77. The largest absolute Gasteiger partial charge is 0.480 e. The molecule has 1 unspecified atom stereocenters. The van der Waals surface area contributed by atoms with Crippen molar-refractivity contribution in [3.8, 4) is 0 Å². The number of anilines is 1. The van der Waals surface area contributed by atoms with Gasteiger partial charge in [0, 0.05) is 24.3 Å². The molecule has 1 fully saturated rings. The molecule has 0 saturated carbocycles. The minimum Gasteiger partial charge on any atom is -0.480 e. The highest BCUT2D eigenvalue weighted by atomic mass is 16.4. The third-order valence-corrected chi connectivity index (χ3v) is 4.85. The SMILES string of the molecule is CCn1nc(C)cc1C(=O)Nc1cccc(C(=O)N2CCCCC2C(=O)O)c1. The molecule has 8 nitrogen and oxygen atoms in total. The molecule has 0 aliphatic carbocycles. The van der Waals surface area contributed by atoms with Crippen LogP contribution in [0.25, 0.3) is 0 Å². The summed E-state index contributed by atoms with van der Waals surface area (Å²) in [5.41, 5.74) is 2.02. The van der Waals surface area contributed by atoms with Gasteiger partial charge in [-0.2, -0.15) is 5.10 Å². The van der Waals surface area contributed by atoms with Crippen LogP contribution < -0.4 is 5.32 Å². The van der Waals surface area contributed by atoms with Crippen molar-refractivity contribution < 1.29 is 19.5 Å². The van der Waals surface area contributed by atoms with Gasteiger partial charge >= 0.3 is 5.97 Å². The van der Waals surface area contributed by atoms with Crippen LogP contribution in [0.1, 0.15) is 52.7 Å². The number of nitrogens with one attached hydrogen (secondary N) is 1. The Morgan fingerprint density at radius 2 is 2.04 bits per heavy atom. The van der Waals surface area contributed by atoms with Crippen molar-refractivity contribution in [1.29, 1.82) is 0 Å². The van der Waals surface area contributed by atoms with E-state index in [1.165, 1.54) is 4.90 Å². The van der Waals surface area contributed by atoms with Gasteiger partial charge in [-0.05, 0) is 57.4 Å². The lowest BCUT2D eigenvalue weighted by molar-refractivity contribution is -0.143. The molecule has 0 bridgehead atoms. The minimum absolute atomic E-state index is 0.312. The lowest BCUT2D eigenvalue weighted by atomic mass is 10.0. The fourth-order valence-electron chi connectivity index (χ4n) is 3.49. The first-order chi connectivity index (χ1) is 13.4. The number of aryl methyl sites for hydroxylation is 2. The second-order valence-electron chi connectivity index (χ2n) is 6.87. The summed E-state index contributed by atoms with van der Waals surface area (Å²) in [7, 11) is 0. The molecule has 1 aliphatic heterocycles. The van der Waals surface area contributed by atoms with Gasteiger partial charge in [0.25, 0.3) is 11.8 Å². The van der Waals surface area contributed by atoms with Crippen LogP contribution in [-0.4, -0.2) is 50.2 Å². The topological polar surface area (TPSA) is 105 Å². The number of aromatic nitrogens is 2. The number of aliphatic carboxylic acids is 1. The molecule has 1 saturated heterocycles. The Morgan fingerprint density at radius 3 is 2.75 bits per heavy atom. The van der Waals surface area contributed by atoms with Gasteiger partial charge in [-0.3, -0.25) is 14.3 Å². The van der Waals surface area contributed by atoms with Crippen LogP contribution in [0.2, 0.25) is 0 Å². The summed E-state index contributed by atoms with van der Waals surface area (Å²) < 4.78 is 1.62. The molecule has 3 rings (SSSR count). The predicted molar refractivity (Wildman–Crippen MR) is 103 cm³/mol. The van der Waals surface area contributed by atoms with Gasteiger partial charge < -0.3 is 15.3 Å². The van der Waals surface area contributed by atoms with Crippen molar-refractivity contribution >= 4 is 23.5 Å². The van der Waals surface area contributed by atoms with Gasteiger partial charge in [-0.25, -0.2) is 4.79 Å². The molecule has 0 spiro atoms. The molecule has 0 radical (unpaired) electrons. The second-order valence-corrected chi connectivity index (χ2v) is 6.87. The smallest absolute Gasteiger partial charge is 0.326 e. The quantitative estimate of drug-likeness (QED) is 0.824. The maximum atomic E-state index is 12.9. The first-order valence-electron chi connectivity index (χ1n) is 9.40. The molecule has 2 aromatic rings. The summed E-state index contributed by atoms with van der Waals surface area (Å²) in [6.07, 6.45) is 2.03. The molecule has 1 aliphatic rings. The van der Waals surface area contributed by atoms with E-state index in [9.17, 15) is 19.5 Å². The van der Waals surface area contributed by atoms with Crippen LogP contribution in [0.15, 0.2) is 30.3 Å². The molecule has 28 heavy (non-hydrogen) atoms. The van der Waals surface area contributed by atoms with Gasteiger partial charge in [0.05, 0.1) is 5.69 Å². The molecular formula is C20H24N4O4. The van der Waals surface area contributed by atoms with E-state index in [2.05, 4.69) is 10.4 Å². The van der Waals surface area contributed by atoms with E-state index in [-0.39, 0.29) is 11.8 Å². The average Bonchev–Trinajstić information content (AvgIpc) is 3.08. The van der Waals surface area contributed by atoms with Crippen molar-refractivity contribution in [2.75, 3.05) is 11.9 Å². The third kappa shape index (κ3) is 4.05. The number of hydrogen-bond acceptors (Lipinski definition) is 4. The van der Waals surface area contributed by atoms with E-state index in [0.717, 1.165) is 18.5 Å². The first-order valence-corrected chi connectivity index (χ1v) is 9.40. The van der Waals surface area contributed by atoms with Crippen LogP contribution in [0.5, 0.6) is 0 Å². The van der Waals surface area contributed by atoms with E-state index >= 15 is 0 Å². The Bertz CT molecular complexity index is 905. The van der Waals surface area contributed by atoms with Crippen molar-refractivity contribution in [3.63, 3.8) is 0 Å². The monoisotopic (exact) mass is 384 g/mol. The zero-order chi connectivity index (χ0) is 20.3. The van der Waals surface area contributed by atoms with Crippen LogP contribution in [0.3, 0.4) is 0 Å². The van der Waals surface area contributed by atoms with E-state index in [1.54, 1.807) is 35.0 Å². The molecule has 1 aromatic carbocycles. The predicted octanol–water partition coefficient (Wildman–Crippen LogP) is 2.54. The molecule has 2 N–H and O–H groups in total. The van der Waals surface area contributed by atoms with Crippen molar-refractivity contribution in [3.05, 3.63) is 47.3 Å². The van der Waals surface area contributed by atoms with E-state index in [1.807, 2.05) is 13.8 Å². The first kappa shape index (κ1) is 19.6. The normalized spacial score (nSPS) is 16.6. The summed E-state index contributed by atoms with van der Waals surface area (Å²) >= 11 is 0. The average molecular weight is 384 g/mol. The number of carboxylic acids is 1. The maximum absolute atomic E-state index is 12.9. The standard InChI is InChI=1S/C20H24N4O4/c1-3-24-17(11-13(2)22-24)18(25)21-15-8-6-7-14(12-15)19(26)23-10-5-4-9-16(23)20(27)28/h6-8,11-12,16H,3-5,9-10H2,1-2H3,(H,21,25)(H,27,28). The number of carbonyl (C=O) groups is 3. The summed E-state index contributed by atoms with van der Waals surface area (Å²) in [5, 5.41) is 16.5. The van der Waals surface area contributed by atoms with E-state index in [0.29, 0.717) is 36.5 Å². The highest BCUT2D eigenvalue weighted by Crippen LogP contribution is 2.21. The number of carboxylic acid groups (broad SMARTS) is 1.